The van der Waals surface area contributed by atoms with Gasteiger partial charge in [-0.25, -0.2) is 0 Å². The van der Waals surface area contributed by atoms with Crippen LogP contribution in [-0.2, 0) is 0 Å². The smallest absolute Gasteiger partial charge is 0.286 e. The van der Waals surface area contributed by atoms with Crippen LogP contribution in [0.3, 0.4) is 0 Å². The SMILES string of the molecule is [Na+].[O-][I+3]([O-])([O-])[O-].[O-][I+3]([O-])([O-])[O-].[O-][I+3]([O-])([O-])[O-].[Pb+2]. The number of rotatable bonds is 0. The van der Waals surface area contributed by atoms with Gasteiger partial charge in [0.25, 0.3) is 0 Å². The Balaban J connectivity index is -0.0000000400. The van der Waals surface area contributed by atoms with Crippen LogP contribution in [0.5, 0.6) is 0 Å². The Kier molecular flexibility index (Phi) is 27.9. The first-order valence-electron chi connectivity index (χ1n) is 1.85. The van der Waals surface area contributed by atoms with E-state index in [9.17, 15) is 0 Å². The summed E-state index contributed by atoms with van der Waals surface area (Å²) >= 11 is -17.8. The molecule has 0 bridgehead atoms. The fourth-order valence-corrected chi connectivity index (χ4v) is 0. The predicted octanol–water partition coefficient (Wildman–Crippen LogP) is -26.6. The molecular formula is I3NaO12Pb. The molecule has 0 spiro atoms. The van der Waals surface area contributed by atoms with Gasteiger partial charge in [-0.2, -0.15) is 0 Å². The third-order valence-electron chi connectivity index (χ3n) is 0. The second kappa shape index (κ2) is 14.6. The van der Waals surface area contributed by atoms with Crippen LogP contribution in [0.1, 0.15) is 0 Å². The molecule has 98 valence electrons. The maximum atomic E-state index is 8.62. The van der Waals surface area contributed by atoms with Gasteiger partial charge in [0, 0.05) is 0 Å². The third-order valence-corrected chi connectivity index (χ3v) is 0. The summed E-state index contributed by atoms with van der Waals surface area (Å²) in [5.74, 6) is 0. The van der Waals surface area contributed by atoms with Crippen LogP contribution in [0.25, 0.3) is 0 Å². The molecule has 12 nitrogen and oxygen atoms in total. The second-order valence-corrected chi connectivity index (χ2v) is 7.61. The number of hydrogen-bond acceptors (Lipinski definition) is 12. The van der Waals surface area contributed by atoms with Crippen LogP contribution >= 0.6 is 0 Å². The van der Waals surface area contributed by atoms with E-state index in [4.69, 9.17) is 41.2 Å². The fourth-order valence-electron chi connectivity index (χ4n) is 0. The second-order valence-electron chi connectivity index (χ2n) is 1.13. The summed E-state index contributed by atoms with van der Waals surface area (Å²) in [6.45, 7) is 0. The maximum Gasteiger partial charge on any atom is 2.00 e. The van der Waals surface area contributed by atoms with Gasteiger partial charge in [-0.15, -0.1) is 0 Å². The van der Waals surface area contributed by atoms with Gasteiger partial charge in [0.15, 0.2) is 0 Å². The van der Waals surface area contributed by atoms with Crippen molar-refractivity contribution in [2.45, 2.75) is 0 Å². The standard InChI is InChI=1S/3IO4.Na.Pb/c3*2-1(3,4)5;;/q3*-1;+1;+2. The van der Waals surface area contributed by atoms with Gasteiger partial charge in [-0.1, -0.05) is 0 Å². The van der Waals surface area contributed by atoms with Crippen molar-refractivity contribution in [1.82, 2.24) is 0 Å². The Labute approximate surface area is 155 Å². The van der Waals surface area contributed by atoms with Crippen LogP contribution in [0.2, 0.25) is 0 Å². The van der Waals surface area contributed by atoms with Crippen molar-refractivity contribution in [1.29, 1.82) is 0 Å². The molecular weight excluding hydrogens is 803 g/mol. The molecule has 0 aliphatic carbocycles. The molecule has 0 aliphatic rings. The Morgan fingerprint density at radius 2 is 0.353 bits per heavy atom. The van der Waals surface area contributed by atoms with Gasteiger partial charge in [-0.3, -0.25) is 41.2 Å². The molecule has 0 rings (SSSR count). The zero-order valence-electron chi connectivity index (χ0n) is 7.53. The predicted molar refractivity (Wildman–Crippen MR) is 5.75 cm³/mol. The monoisotopic (exact) mass is 804 g/mol. The first-order valence-corrected chi connectivity index (χ1v) is 12.4. The average molecular weight is 803 g/mol. The van der Waals surface area contributed by atoms with Gasteiger partial charge in [0.1, 0.15) is 60.3 Å². The Morgan fingerprint density at radius 3 is 0.353 bits per heavy atom. The summed E-state index contributed by atoms with van der Waals surface area (Å²) in [5, 5.41) is 0. The quantitative estimate of drug-likeness (QED) is 0.163. The minimum atomic E-state index is -5.94. The van der Waals surface area contributed by atoms with E-state index in [1.165, 1.54) is 0 Å². The van der Waals surface area contributed by atoms with Crippen LogP contribution in [0.4, 0.5) is 0 Å². The molecule has 17 heavy (non-hydrogen) atoms. The summed E-state index contributed by atoms with van der Waals surface area (Å²) in [6.07, 6.45) is 0. The van der Waals surface area contributed by atoms with E-state index in [2.05, 4.69) is 0 Å². The Bertz CT molecular complexity index is 96.8. The van der Waals surface area contributed by atoms with Crippen molar-refractivity contribution < 1.29 is 131 Å². The average Bonchev–Trinajstić information content (AvgIpc) is 1.41. The Morgan fingerprint density at radius 1 is 0.353 bits per heavy atom. The molecule has 0 aromatic heterocycles. The van der Waals surface area contributed by atoms with Crippen molar-refractivity contribution in [2.24, 2.45) is 0 Å². The molecule has 0 aromatic rings. The fraction of sp³-hybridized carbons (Fsp3) is 0. The van der Waals surface area contributed by atoms with Crippen LogP contribution in [0.15, 0.2) is 0 Å². The molecule has 0 amide bonds. The molecule has 0 aromatic carbocycles. The van der Waals surface area contributed by atoms with Crippen molar-refractivity contribution in [3.8, 4) is 0 Å². The van der Waals surface area contributed by atoms with Gasteiger partial charge in [0.2, 0.25) is 0 Å². The van der Waals surface area contributed by atoms with E-state index in [1.54, 1.807) is 0 Å². The summed E-state index contributed by atoms with van der Waals surface area (Å²) in [7, 11) is 0. The molecule has 2 radical (unpaired) electrons. The largest absolute Gasteiger partial charge is 2.00 e. The van der Waals surface area contributed by atoms with Crippen molar-refractivity contribution >= 4 is 27.3 Å². The normalized spacial score (nSPS) is 10.6. The third kappa shape index (κ3) is 463. The van der Waals surface area contributed by atoms with Gasteiger partial charge in [-0.05, 0) is 0 Å². The summed E-state index contributed by atoms with van der Waals surface area (Å²) in [5.41, 5.74) is 0. The molecule has 0 heterocycles. The van der Waals surface area contributed by atoms with E-state index >= 15 is 0 Å². The minimum absolute atomic E-state index is 0. The molecule has 0 atom stereocenters. The molecule has 0 aliphatic heterocycles. The molecule has 0 fully saturated rings. The van der Waals surface area contributed by atoms with Crippen molar-refractivity contribution in [3.05, 3.63) is 0 Å². The van der Waals surface area contributed by atoms with Crippen molar-refractivity contribution in [3.63, 3.8) is 0 Å². The van der Waals surface area contributed by atoms with Crippen LogP contribution < -0.4 is 131 Å². The molecule has 0 saturated carbocycles. The topological polar surface area (TPSA) is 277 Å². The first-order chi connectivity index (χ1) is 6.00. The minimum Gasteiger partial charge on any atom is -0.286 e. The first kappa shape index (κ1) is 32.5. The maximum absolute atomic E-state index is 8.62. The van der Waals surface area contributed by atoms with Gasteiger partial charge >= 0.3 is 56.9 Å². The zero-order chi connectivity index (χ0) is 13.5. The molecule has 17 heteroatoms. The number of halogens is 3. The summed E-state index contributed by atoms with van der Waals surface area (Å²) < 4.78 is 103. The van der Waals surface area contributed by atoms with Crippen LogP contribution in [0, 0.1) is 0 Å². The van der Waals surface area contributed by atoms with Gasteiger partial charge < -0.3 is 0 Å². The van der Waals surface area contributed by atoms with E-state index in [1.807, 2.05) is 0 Å². The van der Waals surface area contributed by atoms with E-state index in [-0.39, 0.29) is 56.9 Å². The molecule has 0 unspecified atom stereocenters. The van der Waals surface area contributed by atoms with E-state index < -0.39 is 60.3 Å². The van der Waals surface area contributed by atoms with Gasteiger partial charge in [0.05, 0.1) is 0 Å². The zero-order valence-corrected chi connectivity index (χ0v) is 19.9. The van der Waals surface area contributed by atoms with Crippen molar-refractivity contribution in [2.75, 3.05) is 0 Å². The summed E-state index contributed by atoms with van der Waals surface area (Å²) in [6, 6.07) is 0. The van der Waals surface area contributed by atoms with E-state index in [0.717, 1.165) is 0 Å². The summed E-state index contributed by atoms with van der Waals surface area (Å²) in [4.78, 5) is 0. The number of hydrogen-bond donors (Lipinski definition) is 0. The Hall–Kier alpha value is 3.63. The van der Waals surface area contributed by atoms with E-state index in [0.29, 0.717) is 0 Å². The molecule has 0 N–H and O–H groups in total. The molecule has 0 saturated heterocycles. The van der Waals surface area contributed by atoms with Crippen LogP contribution in [-0.4, -0.2) is 27.3 Å².